The first-order valence-electron chi connectivity index (χ1n) is 9.01. The van der Waals surface area contributed by atoms with Crippen LogP contribution in [0.1, 0.15) is 41.1 Å². The van der Waals surface area contributed by atoms with Crippen molar-refractivity contribution in [3.05, 3.63) is 78.4 Å². The highest BCUT2D eigenvalue weighted by molar-refractivity contribution is 5.89. The molecule has 0 saturated carbocycles. The van der Waals surface area contributed by atoms with Gasteiger partial charge in [-0.05, 0) is 38.4 Å². The number of benzene rings is 1. The maximum atomic E-state index is 12.3. The van der Waals surface area contributed by atoms with E-state index in [1.54, 1.807) is 38.1 Å². The molecule has 2 aromatic rings. The van der Waals surface area contributed by atoms with Crippen LogP contribution in [0.4, 0.5) is 0 Å². The van der Waals surface area contributed by atoms with E-state index in [1.165, 1.54) is 10.8 Å². The Morgan fingerprint density at radius 1 is 1.38 bits per heavy atom. The topological polar surface area (TPSA) is 139 Å². The fourth-order valence-electron chi connectivity index (χ4n) is 3.19. The van der Waals surface area contributed by atoms with Crippen LogP contribution in [0.5, 0.6) is 0 Å². The van der Waals surface area contributed by atoms with E-state index in [9.17, 15) is 14.4 Å². The van der Waals surface area contributed by atoms with E-state index in [-0.39, 0.29) is 13.0 Å². The lowest BCUT2D eigenvalue weighted by Gasteiger charge is -2.27. The number of carbonyl (C=O) groups is 1. The molecule has 0 spiro atoms. The molecule has 0 radical (unpaired) electrons. The molecule has 0 aliphatic carbocycles. The van der Waals surface area contributed by atoms with E-state index in [2.05, 4.69) is 15.0 Å². The minimum atomic E-state index is -1.14. The predicted molar refractivity (Wildman–Crippen MR) is 104 cm³/mol. The number of azide groups is 1. The summed E-state index contributed by atoms with van der Waals surface area (Å²) in [6.07, 6.45) is 0.800. The van der Waals surface area contributed by atoms with Crippen LogP contribution in [0, 0.1) is 13.8 Å². The van der Waals surface area contributed by atoms with Gasteiger partial charge in [-0.25, -0.2) is 9.59 Å². The summed E-state index contributed by atoms with van der Waals surface area (Å²) in [5, 5.41) is 3.76. The molecule has 152 valence electrons. The van der Waals surface area contributed by atoms with Gasteiger partial charge >= 0.3 is 11.7 Å². The van der Waals surface area contributed by atoms with Crippen molar-refractivity contribution in [2.45, 2.75) is 45.1 Å². The highest BCUT2D eigenvalue weighted by atomic mass is 16.6. The van der Waals surface area contributed by atoms with Crippen molar-refractivity contribution in [3.63, 3.8) is 0 Å². The third kappa shape index (κ3) is 4.23. The molecule has 0 amide bonds. The van der Waals surface area contributed by atoms with Crippen molar-refractivity contribution in [2.24, 2.45) is 5.11 Å². The van der Waals surface area contributed by atoms with E-state index < -0.39 is 35.1 Å². The van der Waals surface area contributed by atoms with Crippen LogP contribution in [0.25, 0.3) is 10.4 Å². The number of esters is 1. The SMILES string of the molecule is Cc1ccc(C(=O)OC[C@@]2(C)O[C@@H](n3cc(C)c(=O)[nH]c3=O)C[C@@H]2N=[N+]=[N-])cc1. The summed E-state index contributed by atoms with van der Waals surface area (Å²) >= 11 is 0. The second kappa shape index (κ2) is 7.94. The van der Waals surface area contributed by atoms with Gasteiger partial charge in [0.05, 0.1) is 11.6 Å². The number of aromatic nitrogens is 2. The van der Waals surface area contributed by atoms with Gasteiger partial charge in [-0.1, -0.05) is 22.8 Å². The molecular formula is C19H21N5O5. The van der Waals surface area contributed by atoms with Crippen molar-refractivity contribution in [3.8, 4) is 0 Å². The zero-order valence-corrected chi connectivity index (χ0v) is 16.3. The van der Waals surface area contributed by atoms with Gasteiger partial charge in [0.1, 0.15) is 18.4 Å². The van der Waals surface area contributed by atoms with E-state index in [0.29, 0.717) is 11.1 Å². The lowest BCUT2D eigenvalue weighted by molar-refractivity contribution is -0.0961. The summed E-state index contributed by atoms with van der Waals surface area (Å²) in [6, 6.07) is 6.24. The molecule has 1 saturated heterocycles. The fourth-order valence-corrected chi connectivity index (χ4v) is 3.19. The minimum Gasteiger partial charge on any atom is -0.459 e. The minimum absolute atomic E-state index is 0.170. The molecule has 1 aromatic carbocycles. The Morgan fingerprint density at radius 2 is 2.07 bits per heavy atom. The third-order valence-electron chi connectivity index (χ3n) is 4.96. The number of aryl methyl sites for hydroxylation is 2. The maximum Gasteiger partial charge on any atom is 0.338 e. The zero-order chi connectivity index (χ0) is 21.2. The molecule has 0 unspecified atom stereocenters. The van der Waals surface area contributed by atoms with Crippen LogP contribution in [-0.2, 0) is 9.47 Å². The second-order valence-electron chi connectivity index (χ2n) is 7.26. The van der Waals surface area contributed by atoms with Gasteiger partial charge in [0, 0.05) is 23.1 Å². The fraction of sp³-hybridized carbons (Fsp3) is 0.421. The Hall–Kier alpha value is -3.36. The standard InChI is InChI=1S/C19H21N5O5/c1-11-4-6-13(7-5-11)17(26)28-10-19(3)14(22-23-20)8-15(29-19)24-9-12(2)16(25)21-18(24)27/h4-7,9,14-15H,8,10H2,1-3H3,(H,21,25,27)/t14-,15+,19+/m0/s1. The molecule has 2 heterocycles. The van der Waals surface area contributed by atoms with Crippen LogP contribution < -0.4 is 11.2 Å². The first kappa shape index (κ1) is 20.4. The Kier molecular flexibility index (Phi) is 5.58. The summed E-state index contributed by atoms with van der Waals surface area (Å²) < 4.78 is 12.6. The van der Waals surface area contributed by atoms with Gasteiger partial charge in [-0.2, -0.15) is 0 Å². The highest BCUT2D eigenvalue weighted by Gasteiger charge is 2.47. The molecule has 1 aliphatic heterocycles. The number of nitrogens with zero attached hydrogens (tertiary/aromatic N) is 4. The second-order valence-corrected chi connectivity index (χ2v) is 7.26. The summed E-state index contributed by atoms with van der Waals surface area (Å²) in [6.45, 7) is 4.96. The number of carbonyl (C=O) groups excluding carboxylic acids is 1. The summed E-state index contributed by atoms with van der Waals surface area (Å²) in [5.41, 5.74) is 8.40. The maximum absolute atomic E-state index is 12.3. The van der Waals surface area contributed by atoms with Gasteiger partial charge in [0.2, 0.25) is 0 Å². The normalized spacial score (nSPS) is 23.4. The average Bonchev–Trinajstić information content (AvgIpc) is 3.00. The van der Waals surface area contributed by atoms with Crippen LogP contribution in [0.2, 0.25) is 0 Å². The molecule has 1 aromatic heterocycles. The molecule has 3 atom stereocenters. The number of aromatic amines is 1. The first-order chi connectivity index (χ1) is 13.7. The molecule has 1 aliphatic rings. The van der Waals surface area contributed by atoms with Crippen molar-refractivity contribution < 1.29 is 14.3 Å². The van der Waals surface area contributed by atoms with Gasteiger partial charge in [0.25, 0.3) is 5.56 Å². The van der Waals surface area contributed by atoms with Gasteiger partial charge in [-0.3, -0.25) is 14.3 Å². The third-order valence-corrected chi connectivity index (χ3v) is 4.96. The Balaban J connectivity index is 1.81. The molecular weight excluding hydrogens is 378 g/mol. The molecule has 1 fully saturated rings. The number of hydrogen-bond acceptors (Lipinski definition) is 6. The summed E-state index contributed by atoms with van der Waals surface area (Å²) in [4.78, 5) is 41.2. The number of rotatable bonds is 5. The number of hydrogen-bond donors (Lipinski definition) is 1. The molecule has 29 heavy (non-hydrogen) atoms. The van der Waals surface area contributed by atoms with E-state index in [4.69, 9.17) is 15.0 Å². The monoisotopic (exact) mass is 399 g/mol. The van der Waals surface area contributed by atoms with Crippen molar-refractivity contribution in [1.82, 2.24) is 9.55 Å². The molecule has 0 bridgehead atoms. The molecule has 3 rings (SSSR count). The molecule has 10 heteroatoms. The molecule has 10 nitrogen and oxygen atoms in total. The molecule has 1 N–H and O–H groups in total. The van der Waals surface area contributed by atoms with Gasteiger partial charge < -0.3 is 9.47 Å². The van der Waals surface area contributed by atoms with Gasteiger partial charge in [-0.15, -0.1) is 0 Å². The Morgan fingerprint density at radius 3 is 2.72 bits per heavy atom. The number of H-pyrrole nitrogens is 1. The van der Waals surface area contributed by atoms with Crippen LogP contribution in [0.15, 0.2) is 45.2 Å². The van der Waals surface area contributed by atoms with Crippen LogP contribution in [-0.4, -0.2) is 33.8 Å². The predicted octanol–water partition coefficient (Wildman–Crippen LogP) is 2.37. The highest BCUT2D eigenvalue weighted by Crippen LogP contribution is 2.38. The Bertz CT molecular complexity index is 1080. The number of nitrogens with one attached hydrogen (secondary N) is 1. The van der Waals surface area contributed by atoms with E-state index >= 15 is 0 Å². The van der Waals surface area contributed by atoms with E-state index in [0.717, 1.165) is 5.56 Å². The van der Waals surface area contributed by atoms with Crippen LogP contribution in [0.3, 0.4) is 0 Å². The largest absolute Gasteiger partial charge is 0.459 e. The first-order valence-corrected chi connectivity index (χ1v) is 9.01. The Labute approximate surface area is 165 Å². The smallest absolute Gasteiger partial charge is 0.338 e. The van der Waals surface area contributed by atoms with Crippen LogP contribution >= 0.6 is 0 Å². The lowest BCUT2D eigenvalue weighted by Crippen LogP contribution is -2.41. The van der Waals surface area contributed by atoms with E-state index in [1.807, 2.05) is 6.92 Å². The average molecular weight is 399 g/mol. The lowest BCUT2D eigenvalue weighted by atomic mass is 9.98. The van der Waals surface area contributed by atoms with Crippen molar-refractivity contribution >= 4 is 5.97 Å². The van der Waals surface area contributed by atoms with Crippen molar-refractivity contribution in [2.75, 3.05) is 6.61 Å². The van der Waals surface area contributed by atoms with Gasteiger partial charge in [0.15, 0.2) is 0 Å². The zero-order valence-electron chi connectivity index (χ0n) is 16.3. The number of ether oxygens (including phenoxy) is 2. The summed E-state index contributed by atoms with van der Waals surface area (Å²) in [5.74, 6) is -0.532. The quantitative estimate of drug-likeness (QED) is 0.356. The summed E-state index contributed by atoms with van der Waals surface area (Å²) in [7, 11) is 0. The van der Waals surface area contributed by atoms with Crippen molar-refractivity contribution in [1.29, 1.82) is 0 Å².